The zero-order valence-corrected chi connectivity index (χ0v) is 15.6. The van der Waals surface area contributed by atoms with E-state index in [0.717, 1.165) is 23.6 Å². The highest BCUT2D eigenvalue weighted by Crippen LogP contribution is 2.19. The highest BCUT2D eigenvalue weighted by molar-refractivity contribution is 7.92. The van der Waals surface area contributed by atoms with E-state index >= 15 is 0 Å². The third-order valence-electron chi connectivity index (χ3n) is 3.97. The molecule has 0 unspecified atom stereocenters. The van der Waals surface area contributed by atoms with Gasteiger partial charge < -0.3 is 9.90 Å². The lowest BCUT2D eigenvalue weighted by Crippen LogP contribution is -2.18. The van der Waals surface area contributed by atoms with E-state index in [2.05, 4.69) is 9.71 Å². The summed E-state index contributed by atoms with van der Waals surface area (Å²) in [4.78, 5) is 14.5. The van der Waals surface area contributed by atoms with Crippen molar-refractivity contribution in [2.24, 2.45) is 0 Å². The molecule has 0 fully saturated rings. The normalized spacial score (nSPS) is 11.4. The first kappa shape index (κ1) is 19.3. The van der Waals surface area contributed by atoms with Gasteiger partial charge in [-0.15, -0.1) is 0 Å². The summed E-state index contributed by atoms with van der Waals surface area (Å²) in [6.45, 7) is 0. The van der Waals surface area contributed by atoms with Gasteiger partial charge in [0.25, 0.3) is 10.0 Å². The lowest BCUT2D eigenvalue weighted by Gasteiger charge is -2.09. The minimum atomic E-state index is -3.74. The first-order valence-electron chi connectivity index (χ1n) is 8.42. The number of sulfonamides is 1. The van der Waals surface area contributed by atoms with Gasteiger partial charge in [0.2, 0.25) is 0 Å². The fourth-order valence-electron chi connectivity index (χ4n) is 2.56. The van der Waals surface area contributed by atoms with Crippen LogP contribution in [0.25, 0.3) is 6.08 Å². The van der Waals surface area contributed by atoms with E-state index in [1.54, 1.807) is 24.5 Å². The summed E-state index contributed by atoms with van der Waals surface area (Å²) in [5.41, 5.74) is 3.19. The Morgan fingerprint density at radius 3 is 2.14 bits per heavy atom. The minimum absolute atomic E-state index is 0.0824. The van der Waals surface area contributed by atoms with Crippen LogP contribution in [0.3, 0.4) is 0 Å². The fraction of sp³-hybridized carbons (Fsp3) is 0.0476. The Hall–Kier alpha value is -3.45. The van der Waals surface area contributed by atoms with E-state index < -0.39 is 16.0 Å². The van der Waals surface area contributed by atoms with E-state index in [1.807, 2.05) is 24.3 Å². The molecule has 1 aromatic heterocycles. The molecule has 0 aliphatic heterocycles. The van der Waals surface area contributed by atoms with Crippen LogP contribution in [0.5, 0.6) is 0 Å². The number of hydrogen-bond donors (Lipinski definition) is 1. The van der Waals surface area contributed by atoms with Crippen molar-refractivity contribution in [1.82, 2.24) is 4.98 Å². The molecule has 0 bridgehead atoms. The SMILES string of the molecule is O=C([O-])/C=C/c1ccc(S(=O)(=O)Nc2ccc(Cc3ccncc3)cc2)cc1. The molecule has 0 saturated heterocycles. The first-order valence-corrected chi connectivity index (χ1v) is 9.90. The second-order valence-electron chi connectivity index (χ2n) is 6.06. The van der Waals surface area contributed by atoms with Crippen LogP contribution in [0.15, 0.2) is 84.0 Å². The maximum Gasteiger partial charge on any atom is 0.261 e. The average Bonchev–Trinajstić information content (AvgIpc) is 2.69. The number of pyridine rings is 1. The molecule has 28 heavy (non-hydrogen) atoms. The number of carboxylic acids is 1. The van der Waals surface area contributed by atoms with Gasteiger partial charge in [0, 0.05) is 18.1 Å². The predicted octanol–water partition coefficient (Wildman–Crippen LogP) is 2.24. The molecule has 1 N–H and O–H groups in total. The second-order valence-corrected chi connectivity index (χ2v) is 7.74. The number of nitrogens with one attached hydrogen (secondary N) is 1. The van der Waals surface area contributed by atoms with Crippen LogP contribution in [0.4, 0.5) is 5.69 Å². The number of hydrogen-bond acceptors (Lipinski definition) is 5. The predicted molar refractivity (Wildman–Crippen MR) is 105 cm³/mol. The molecule has 0 atom stereocenters. The Kier molecular flexibility index (Phi) is 5.86. The summed E-state index contributed by atoms with van der Waals surface area (Å²) in [5, 5.41) is 10.4. The standard InChI is InChI=1S/C21H18N2O4S/c24-21(25)10-5-16-3-8-20(9-4-16)28(26,27)23-19-6-1-17(2-7-19)15-18-11-13-22-14-12-18/h1-14,23H,15H2,(H,24,25)/p-1/b10-5+. The van der Waals surface area contributed by atoms with E-state index in [-0.39, 0.29) is 4.90 Å². The van der Waals surface area contributed by atoms with Crippen LogP contribution >= 0.6 is 0 Å². The zero-order valence-electron chi connectivity index (χ0n) is 14.8. The van der Waals surface area contributed by atoms with Crippen molar-refractivity contribution in [3.63, 3.8) is 0 Å². The molecular weight excluding hydrogens is 376 g/mol. The van der Waals surface area contributed by atoms with Crippen molar-refractivity contribution < 1.29 is 18.3 Å². The number of carboxylic acid groups (broad SMARTS) is 1. The van der Waals surface area contributed by atoms with Crippen molar-refractivity contribution in [3.8, 4) is 0 Å². The van der Waals surface area contributed by atoms with E-state index in [9.17, 15) is 18.3 Å². The topological polar surface area (TPSA) is 99.2 Å². The van der Waals surface area contributed by atoms with E-state index in [4.69, 9.17) is 0 Å². The molecule has 3 rings (SSSR count). The van der Waals surface area contributed by atoms with Gasteiger partial charge in [-0.2, -0.15) is 0 Å². The Morgan fingerprint density at radius 1 is 0.929 bits per heavy atom. The number of nitrogens with zero attached hydrogens (tertiary/aromatic N) is 1. The Bertz CT molecular complexity index is 1080. The quantitative estimate of drug-likeness (QED) is 0.621. The smallest absolute Gasteiger partial charge is 0.261 e. The minimum Gasteiger partial charge on any atom is -0.545 e. The van der Waals surface area contributed by atoms with Gasteiger partial charge in [-0.05, 0) is 65.6 Å². The summed E-state index contributed by atoms with van der Waals surface area (Å²) in [6.07, 6.45) is 6.42. The van der Waals surface area contributed by atoms with Gasteiger partial charge in [-0.25, -0.2) is 8.42 Å². The van der Waals surface area contributed by atoms with Crippen molar-refractivity contribution in [2.75, 3.05) is 4.72 Å². The number of aliphatic carboxylic acids is 1. The van der Waals surface area contributed by atoms with Crippen LogP contribution in [-0.2, 0) is 21.2 Å². The fourth-order valence-corrected chi connectivity index (χ4v) is 3.62. The molecular formula is C21H17N2O4S-. The van der Waals surface area contributed by atoms with Gasteiger partial charge >= 0.3 is 0 Å². The first-order chi connectivity index (χ1) is 13.4. The number of anilines is 1. The highest BCUT2D eigenvalue weighted by atomic mass is 32.2. The Morgan fingerprint density at radius 2 is 1.54 bits per heavy atom. The van der Waals surface area contributed by atoms with Gasteiger partial charge in [-0.3, -0.25) is 9.71 Å². The summed E-state index contributed by atoms with van der Waals surface area (Å²) in [5.74, 6) is -1.31. The summed E-state index contributed by atoms with van der Waals surface area (Å²) in [7, 11) is -3.74. The number of carbonyl (C=O) groups is 1. The van der Waals surface area contributed by atoms with Crippen molar-refractivity contribution >= 4 is 27.8 Å². The molecule has 0 radical (unpaired) electrons. The number of aromatic nitrogens is 1. The Balaban J connectivity index is 1.69. The summed E-state index contributed by atoms with van der Waals surface area (Å²) in [6, 6.07) is 16.9. The van der Waals surface area contributed by atoms with E-state index in [0.29, 0.717) is 11.3 Å². The molecule has 1 heterocycles. The molecule has 0 amide bonds. The molecule has 142 valence electrons. The van der Waals surface area contributed by atoms with Crippen molar-refractivity contribution in [1.29, 1.82) is 0 Å². The van der Waals surface area contributed by atoms with Crippen LogP contribution in [0.2, 0.25) is 0 Å². The molecule has 0 spiro atoms. The van der Waals surface area contributed by atoms with Crippen molar-refractivity contribution in [2.45, 2.75) is 11.3 Å². The molecule has 0 aliphatic carbocycles. The number of benzene rings is 2. The van der Waals surface area contributed by atoms with Crippen LogP contribution in [-0.4, -0.2) is 19.4 Å². The third kappa shape index (κ3) is 5.28. The van der Waals surface area contributed by atoms with Crippen LogP contribution in [0.1, 0.15) is 16.7 Å². The average molecular weight is 393 g/mol. The monoisotopic (exact) mass is 393 g/mol. The maximum atomic E-state index is 12.5. The molecule has 6 nitrogen and oxygen atoms in total. The lowest BCUT2D eigenvalue weighted by atomic mass is 10.1. The largest absolute Gasteiger partial charge is 0.545 e. The van der Waals surface area contributed by atoms with Gasteiger partial charge in [0.05, 0.1) is 10.9 Å². The Labute approximate surface area is 163 Å². The molecule has 2 aromatic carbocycles. The molecule has 3 aromatic rings. The summed E-state index contributed by atoms with van der Waals surface area (Å²) < 4.78 is 27.6. The van der Waals surface area contributed by atoms with Crippen LogP contribution in [0, 0.1) is 0 Å². The second kappa shape index (κ2) is 8.49. The number of rotatable bonds is 7. The maximum absolute atomic E-state index is 12.5. The molecule has 0 saturated carbocycles. The van der Waals surface area contributed by atoms with Crippen molar-refractivity contribution in [3.05, 3.63) is 95.8 Å². The highest BCUT2D eigenvalue weighted by Gasteiger charge is 2.13. The zero-order chi connectivity index (χ0) is 20.0. The lowest BCUT2D eigenvalue weighted by molar-refractivity contribution is -0.297. The summed E-state index contributed by atoms with van der Waals surface area (Å²) >= 11 is 0. The van der Waals surface area contributed by atoms with Gasteiger partial charge in [0.15, 0.2) is 0 Å². The van der Waals surface area contributed by atoms with Gasteiger partial charge in [-0.1, -0.05) is 30.3 Å². The molecule has 7 heteroatoms. The van der Waals surface area contributed by atoms with E-state index in [1.165, 1.54) is 30.3 Å². The number of carbonyl (C=O) groups excluding carboxylic acids is 1. The van der Waals surface area contributed by atoms with Crippen LogP contribution < -0.4 is 9.83 Å². The van der Waals surface area contributed by atoms with Gasteiger partial charge in [0.1, 0.15) is 0 Å². The third-order valence-corrected chi connectivity index (χ3v) is 5.36. The molecule has 0 aliphatic rings.